The zero-order valence-corrected chi connectivity index (χ0v) is 18.8. The number of hydrogen-bond acceptors (Lipinski definition) is 3. The number of aryl methyl sites for hydroxylation is 1. The predicted octanol–water partition coefficient (Wildman–Crippen LogP) is 6.20. The minimum atomic E-state index is -0.931. The van der Waals surface area contributed by atoms with Gasteiger partial charge in [-0.1, -0.05) is 104 Å². The lowest BCUT2D eigenvalue weighted by atomic mass is 9.76. The molecule has 0 amide bonds. The number of hydrogen-bond donors (Lipinski definition) is 0. The van der Waals surface area contributed by atoms with E-state index < -0.39 is 11.8 Å². The van der Waals surface area contributed by atoms with Crippen molar-refractivity contribution in [2.24, 2.45) is 5.92 Å². The summed E-state index contributed by atoms with van der Waals surface area (Å²) in [6, 6.07) is 28.0. The first-order valence-electron chi connectivity index (χ1n) is 11.4. The molecule has 0 aliphatic carbocycles. The summed E-state index contributed by atoms with van der Waals surface area (Å²) < 4.78 is 2.09. The first-order valence-corrected chi connectivity index (χ1v) is 11.4. The molecule has 1 atom stereocenters. The van der Waals surface area contributed by atoms with Crippen LogP contribution in [0, 0.1) is 5.92 Å². The van der Waals surface area contributed by atoms with Gasteiger partial charge < -0.3 is 4.57 Å². The normalized spacial score (nSPS) is 11.9. The zero-order chi connectivity index (χ0) is 23.0. The molecule has 0 aliphatic heterocycles. The molecule has 4 aromatic rings. The van der Waals surface area contributed by atoms with Crippen LogP contribution in [0.4, 0.5) is 0 Å². The van der Waals surface area contributed by atoms with Crippen molar-refractivity contribution < 1.29 is 9.59 Å². The number of rotatable bonds is 10. The first-order chi connectivity index (χ1) is 16.2. The predicted molar refractivity (Wildman–Crippen MR) is 130 cm³/mol. The SMILES string of the molecule is CCCCn1ccnc1C(c1ccccc1)C(C(=O)c1ccccc1)C(=O)c1ccccc1. The number of nitrogens with zero attached hydrogens (tertiary/aromatic N) is 2. The summed E-state index contributed by atoms with van der Waals surface area (Å²) in [6.45, 7) is 2.94. The van der Waals surface area contributed by atoms with Gasteiger partial charge in [-0.15, -0.1) is 0 Å². The summed E-state index contributed by atoms with van der Waals surface area (Å²) in [7, 11) is 0. The topological polar surface area (TPSA) is 52.0 Å². The number of carbonyl (C=O) groups is 2. The summed E-state index contributed by atoms with van der Waals surface area (Å²) in [4.78, 5) is 32.6. The molecule has 0 N–H and O–H groups in total. The highest BCUT2D eigenvalue weighted by Gasteiger charge is 2.39. The third-order valence-corrected chi connectivity index (χ3v) is 5.95. The zero-order valence-electron chi connectivity index (χ0n) is 18.8. The van der Waals surface area contributed by atoms with Crippen molar-refractivity contribution >= 4 is 11.6 Å². The van der Waals surface area contributed by atoms with E-state index in [1.165, 1.54) is 0 Å². The van der Waals surface area contributed by atoms with E-state index in [9.17, 15) is 9.59 Å². The fraction of sp³-hybridized carbons (Fsp3) is 0.207. The van der Waals surface area contributed by atoms with Crippen molar-refractivity contribution in [1.29, 1.82) is 0 Å². The number of imidazole rings is 1. The minimum Gasteiger partial charge on any atom is -0.334 e. The average molecular weight is 437 g/mol. The van der Waals surface area contributed by atoms with E-state index in [2.05, 4.69) is 16.5 Å². The van der Waals surface area contributed by atoms with Crippen molar-refractivity contribution in [3.05, 3.63) is 126 Å². The first kappa shape index (κ1) is 22.4. The van der Waals surface area contributed by atoms with Crippen molar-refractivity contribution in [1.82, 2.24) is 9.55 Å². The van der Waals surface area contributed by atoms with E-state index in [1.807, 2.05) is 72.9 Å². The maximum absolute atomic E-state index is 13.9. The number of unbranched alkanes of at least 4 members (excludes halogenated alkanes) is 1. The lowest BCUT2D eigenvalue weighted by molar-refractivity contribution is 0.0789. The maximum Gasteiger partial charge on any atom is 0.174 e. The molecular weight excluding hydrogens is 408 g/mol. The Kier molecular flexibility index (Phi) is 7.26. The van der Waals surface area contributed by atoms with Gasteiger partial charge in [0.05, 0.1) is 11.8 Å². The lowest BCUT2D eigenvalue weighted by Crippen LogP contribution is -2.33. The van der Waals surface area contributed by atoms with Crippen LogP contribution in [0.2, 0.25) is 0 Å². The molecule has 4 nitrogen and oxygen atoms in total. The van der Waals surface area contributed by atoms with E-state index in [0.29, 0.717) is 11.1 Å². The molecule has 0 radical (unpaired) electrons. The monoisotopic (exact) mass is 436 g/mol. The van der Waals surface area contributed by atoms with Crippen molar-refractivity contribution in [3.8, 4) is 0 Å². The van der Waals surface area contributed by atoms with Crippen LogP contribution in [0.25, 0.3) is 0 Å². The second-order valence-corrected chi connectivity index (χ2v) is 8.16. The lowest BCUT2D eigenvalue weighted by Gasteiger charge is -2.26. The van der Waals surface area contributed by atoms with Crippen LogP contribution >= 0.6 is 0 Å². The van der Waals surface area contributed by atoms with Crippen LogP contribution in [0.5, 0.6) is 0 Å². The van der Waals surface area contributed by atoms with Crippen LogP contribution in [0.15, 0.2) is 103 Å². The van der Waals surface area contributed by atoms with Gasteiger partial charge >= 0.3 is 0 Å². The number of ketones is 2. The smallest absolute Gasteiger partial charge is 0.174 e. The number of carbonyl (C=O) groups excluding carboxylic acids is 2. The van der Waals surface area contributed by atoms with Gasteiger partial charge in [0, 0.05) is 30.1 Å². The Balaban J connectivity index is 1.89. The van der Waals surface area contributed by atoms with Crippen LogP contribution in [0.3, 0.4) is 0 Å². The number of benzene rings is 3. The van der Waals surface area contributed by atoms with Gasteiger partial charge in [0.25, 0.3) is 0 Å². The second-order valence-electron chi connectivity index (χ2n) is 8.16. The van der Waals surface area contributed by atoms with Crippen LogP contribution in [0.1, 0.15) is 57.8 Å². The third-order valence-electron chi connectivity index (χ3n) is 5.95. The van der Waals surface area contributed by atoms with Gasteiger partial charge in [-0.05, 0) is 12.0 Å². The number of aromatic nitrogens is 2. The molecule has 166 valence electrons. The summed E-state index contributed by atoms with van der Waals surface area (Å²) in [5.41, 5.74) is 1.96. The Labute approximate surface area is 194 Å². The molecule has 1 unspecified atom stereocenters. The molecule has 4 heteroatoms. The Morgan fingerprint density at radius 1 is 0.788 bits per heavy atom. The van der Waals surface area contributed by atoms with E-state index in [4.69, 9.17) is 0 Å². The Morgan fingerprint density at radius 2 is 1.30 bits per heavy atom. The molecule has 0 aliphatic rings. The number of Topliss-reactive ketones (excluding diaryl/α,β-unsaturated/α-hetero) is 2. The van der Waals surface area contributed by atoms with Gasteiger partial charge in [-0.2, -0.15) is 0 Å². The molecule has 0 bridgehead atoms. The molecule has 3 aromatic carbocycles. The molecule has 1 aromatic heterocycles. The van der Waals surface area contributed by atoms with Crippen LogP contribution in [-0.2, 0) is 6.54 Å². The van der Waals surface area contributed by atoms with Gasteiger partial charge in [-0.25, -0.2) is 4.98 Å². The standard InChI is InChI=1S/C29H28N2O2/c1-2-3-20-31-21-19-30-29(31)25(22-13-7-4-8-14-22)26(27(32)23-15-9-5-10-16-23)28(33)24-17-11-6-12-18-24/h4-19,21,25-26H,2-3,20H2,1H3. The average Bonchev–Trinajstić information content (AvgIpc) is 3.34. The second kappa shape index (κ2) is 10.7. The summed E-state index contributed by atoms with van der Waals surface area (Å²) in [5.74, 6) is -1.07. The van der Waals surface area contributed by atoms with E-state index in [1.54, 1.807) is 30.5 Å². The fourth-order valence-electron chi connectivity index (χ4n) is 4.25. The largest absolute Gasteiger partial charge is 0.334 e. The fourth-order valence-corrected chi connectivity index (χ4v) is 4.25. The molecule has 4 rings (SSSR count). The van der Waals surface area contributed by atoms with Crippen molar-refractivity contribution in [3.63, 3.8) is 0 Å². The highest BCUT2D eigenvalue weighted by Crippen LogP contribution is 2.36. The quantitative estimate of drug-likeness (QED) is 0.220. The molecule has 33 heavy (non-hydrogen) atoms. The summed E-state index contributed by atoms with van der Waals surface area (Å²) >= 11 is 0. The van der Waals surface area contributed by atoms with Crippen molar-refractivity contribution in [2.45, 2.75) is 32.2 Å². The minimum absolute atomic E-state index is 0.191. The Morgan fingerprint density at radius 3 is 1.82 bits per heavy atom. The Bertz CT molecular complexity index is 1130. The van der Waals surface area contributed by atoms with Gasteiger partial charge in [0.2, 0.25) is 0 Å². The highest BCUT2D eigenvalue weighted by atomic mass is 16.2. The molecule has 0 saturated carbocycles. The van der Waals surface area contributed by atoms with Crippen LogP contribution in [-0.4, -0.2) is 21.1 Å². The third kappa shape index (κ3) is 5.01. The summed E-state index contributed by atoms with van der Waals surface area (Å²) in [5, 5.41) is 0. The van der Waals surface area contributed by atoms with Gasteiger partial charge in [-0.3, -0.25) is 9.59 Å². The molecule has 0 spiro atoms. The molecule has 0 fully saturated rings. The van der Waals surface area contributed by atoms with E-state index >= 15 is 0 Å². The van der Waals surface area contributed by atoms with E-state index in [0.717, 1.165) is 30.8 Å². The molecular formula is C29H28N2O2. The summed E-state index contributed by atoms with van der Waals surface area (Å²) in [6.07, 6.45) is 5.74. The maximum atomic E-state index is 13.9. The van der Waals surface area contributed by atoms with Gasteiger partial charge in [0.15, 0.2) is 11.6 Å². The Hall–Kier alpha value is -3.79. The van der Waals surface area contributed by atoms with Crippen molar-refractivity contribution in [2.75, 3.05) is 0 Å². The molecule has 1 heterocycles. The molecule has 0 saturated heterocycles. The highest BCUT2D eigenvalue weighted by molar-refractivity contribution is 6.17. The van der Waals surface area contributed by atoms with E-state index in [-0.39, 0.29) is 11.6 Å². The van der Waals surface area contributed by atoms with Crippen LogP contribution < -0.4 is 0 Å². The van der Waals surface area contributed by atoms with Gasteiger partial charge in [0.1, 0.15) is 5.82 Å².